The zero-order chi connectivity index (χ0) is 14.7. The second kappa shape index (κ2) is 6.43. The third-order valence-corrected chi connectivity index (χ3v) is 4.27. The minimum atomic E-state index is 0.240. The smallest absolute Gasteiger partial charge is 0.0453 e. The van der Waals surface area contributed by atoms with Crippen LogP contribution in [0, 0.1) is 20.8 Å². The van der Waals surface area contributed by atoms with Gasteiger partial charge in [-0.1, -0.05) is 41.9 Å². The van der Waals surface area contributed by atoms with E-state index in [1.807, 2.05) is 18.2 Å². The van der Waals surface area contributed by atoms with E-state index in [4.69, 9.17) is 11.6 Å². The molecule has 2 aromatic carbocycles. The molecule has 1 nitrogen and oxygen atoms in total. The van der Waals surface area contributed by atoms with Gasteiger partial charge in [-0.3, -0.25) is 0 Å². The second-order valence-electron chi connectivity index (χ2n) is 5.49. The van der Waals surface area contributed by atoms with Crippen LogP contribution in [-0.2, 0) is 6.54 Å². The molecule has 1 N–H and O–H groups in total. The van der Waals surface area contributed by atoms with E-state index in [-0.39, 0.29) is 6.04 Å². The van der Waals surface area contributed by atoms with Gasteiger partial charge in [0.15, 0.2) is 0 Å². The van der Waals surface area contributed by atoms with Crippen molar-refractivity contribution < 1.29 is 0 Å². The summed E-state index contributed by atoms with van der Waals surface area (Å²) in [5.41, 5.74) is 6.54. The van der Waals surface area contributed by atoms with Crippen LogP contribution in [0.4, 0.5) is 0 Å². The van der Waals surface area contributed by atoms with E-state index in [0.717, 1.165) is 17.1 Å². The Bertz CT molecular complexity index is 604. The van der Waals surface area contributed by atoms with E-state index in [1.54, 1.807) is 0 Å². The SMILES string of the molecule is Cc1cc(C)c(CN[C@@H](C)c2ccccc2Cl)cc1C. The van der Waals surface area contributed by atoms with Gasteiger partial charge in [0.05, 0.1) is 0 Å². The summed E-state index contributed by atoms with van der Waals surface area (Å²) in [5.74, 6) is 0. The Balaban J connectivity index is 2.09. The normalized spacial score (nSPS) is 12.4. The van der Waals surface area contributed by atoms with Gasteiger partial charge < -0.3 is 5.32 Å². The molecular formula is C18H22ClN. The number of halogens is 1. The summed E-state index contributed by atoms with van der Waals surface area (Å²) in [6, 6.07) is 12.8. The standard InChI is InChI=1S/C18H22ClN/c1-12-9-14(3)16(10-13(12)2)11-20-15(4)17-7-5-6-8-18(17)19/h5-10,15,20H,11H2,1-4H3/t15-/m0/s1. The minimum absolute atomic E-state index is 0.240. The molecule has 0 heterocycles. The van der Waals surface area contributed by atoms with Crippen molar-refractivity contribution in [1.29, 1.82) is 0 Å². The lowest BCUT2D eigenvalue weighted by Crippen LogP contribution is -2.19. The molecule has 2 aromatic rings. The fraction of sp³-hybridized carbons (Fsp3) is 0.333. The number of hydrogen-bond donors (Lipinski definition) is 1. The molecule has 0 radical (unpaired) electrons. The molecule has 0 aromatic heterocycles. The number of aryl methyl sites for hydroxylation is 3. The van der Waals surface area contributed by atoms with Gasteiger partial charge in [-0.2, -0.15) is 0 Å². The molecule has 0 fully saturated rings. The Morgan fingerprint density at radius 1 is 1.00 bits per heavy atom. The van der Waals surface area contributed by atoms with Gasteiger partial charge in [-0.15, -0.1) is 0 Å². The lowest BCUT2D eigenvalue weighted by Gasteiger charge is -2.17. The highest BCUT2D eigenvalue weighted by molar-refractivity contribution is 6.31. The quantitative estimate of drug-likeness (QED) is 0.823. The fourth-order valence-electron chi connectivity index (χ4n) is 2.41. The van der Waals surface area contributed by atoms with Crippen molar-refractivity contribution in [2.45, 2.75) is 40.3 Å². The summed E-state index contributed by atoms with van der Waals surface area (Å²) < 4.78 is 0. The van der Waals surface area contributed by atoms with Crippen LogP contribution in [0.3, 0.4) is 0 Å². The first-order valence-electron chi connectivity index (χ1n) is 7.03. The van der Waals surface area contributed by atoms with Gasteiger partial charge in [0, 0.05) is 17.6 Å². The highest BCUT2D eigenvalue weighted by atomic mass is 35.5. The zero-order valence-electron chi connectivity index (χ0n) is 12.6. The van der Waals surface area contributed by atoms with Crippen LogP contribution in [-0.4, -0.2) is 0 Å². The molecule has 0 aliphatic heterocycles. The van der Waals surface area contributed by atoms with Crippen molar-refractivity contribution in [2.24, 2.45) is 0 Å². The molecule has 0 amide bonds. The van der Waals surface area contributed by atoms with Crippen LogP contribution >= 0.6 is 11.6 Å². The van der Waals surface area contributed by atoms with Gasteiger partial charge in [0.25, 0.3) is 0 Å². The maximum Gasteiger partial charge on any atom is 0.0453 e. The average Bonchev–Trinajstić information content (AvgIpc) is 2.41. The number of nitrogens with one attached hydrogen (secondary N) is 1. The fourth-order valence-corrected chi connectivity index (χ4v) is 2.71. The van der Waals surface area contributed by atoms with E-state index in [9.17, 15) is 0 Å². The maximum atomic E-state index is 6.24. The predicted octanol–water partition coefficient (Wildman–Crippen LogP) is 5.12. The average molecular weight is 288 g/mol. The molecule has 20 heavy (non-hydrogen) atoms. The molecule has 2 rings (SSSR count). The highest BCUT2D eigenvalue weighted by Gasteiger charge is 2.09. The van der Waals surface area contributed by atoms with Crippen molar-refractivity contribution in [2.75, 3.05) is 0 Å². The van der Waals surface area contributed by atoms with Crippen molar-refractivity contribution in [3.63, 3.8) is 0 Å². The van der Waals surface area contributed by atoms with Gasteiger partial charge in [-0.25, -0.2) is 0 Å². The minimum Gasteiger partial charge on any atom is -0.306 e. The van der Waals surface area contributed by atoms with Crippen LogP contribution in [0.15, 0.2) is 36.4 Å². The van der Waals surface area contributed by atoms with Crippen LogP contribution in [0.25, 0.3) is 0 Å². The third kappa shape index (κ3) is 3.41. The first kappa shape index (κ1) is 15.1. The van der Waals surface area contributed by atoms with E-state index in [2.05, 4.69) is 51.2 Å². The number of rotatable bonds is 4. The zero-order valence-corrected chi connectivity index (χ0v) is 13.4. The summed E-state index contributed by atoms with van der Waals surface area (Å²) in [7, 11) is 0. The van der Waals surface area contributed by atoms with E-state index in [1.165, 1.54) is 22.3 Å². The van der Waals surface area contributed by atoms with Crippen molar-refractivity contribution in [1.82, 2.24) is 5.32 Å². The van der Waals surface area contributed by atoms with Crippen LogP contribution in [0.5, 0.6) is 0 Å². The molecule has 0 bridgehead atoms. The summed E-state index contributed by atoms with van der Waals surface area (Å²) in [6.07, 6.45) is 0. The summed E-state index contributed by atoms with van der Waals surface area (Å²) in [4.78, 5) is 0. The lowest BCUT2D eigenvalue weighted by molar-refractivity contribution is 0.573. The molecule has 0 aliphatic carbocycles. The van der Waals surface area contributed by atoms with Crippen LogP contribution in [0.2, 0.25) is 5.02 Å². The highest BCUT2D eigenvalue weighted by Crippen LogP contribution is 2.23. The van der Waals surface area contributed by atoms with Gasteiger partial charge >= 0.3 is 0 Å². The summed E-state index contributed by atoms with van der Waals surface area (Å²) in [6.45, 7) is 9.50. The summed E-state index contributed by atoms with van der Waals surface area (Å²) in [5, 5.41) is 4.38. The Kier molecular flexibility index (Phi) is 4.85. The molecule has 106 valence electrons. The number of benzene rings is 2. The molecule has 0 aliphatic rings. The van der Waals surface area contributed by atoms with Gasteiger partial charge in [-0.05, 0) is 61.6 Å². The topological polar surface area (TPSA) is 12.0 Å². The predicted molar refractivity (Wildman–Crippen MR) is 87.4 cm³/mol. The van der Waals surface area contributed by atoms with Crippen LogP contribution in [0.1, 0.15) is 40.8 Å². The van der Waals surface area contributed by atoms with Gasteiger partial charge in [0.1, 0.15) is 0 Å². The van der Waals surface area contributed by atoms with E-state index >= 15 is 0 Å². The molecule has 0 spiro atoms. The van der Waals surface area contributed by atoms with Crippen molar-refractivity contribution >= 4 is 11.6 Å². The maximum absolute atomic E-state index is 6.24. The Morgan fingerprint density at radius 3 is 2.35 bits per heavy atom. The first-order chi connectivity index (χ1) is 9.49. The Hall–Kier alpha value is -1.31. The Morgan fingerprint density at radius 2 is 1.65 bits per heavy atom. The largest absolute Gasteiger partial charge is 0.306 e. The van der Waals surface area contributed by atoms with Crippen molar-refractivity contribution in [3.8, 4) is 0 Å². The number of hydrogen-bond acceptors (Lipinski definition) is 1. The molecule has 0 unspecified atom stereocenters. The molecule has 2 heteroatoms. The van der Waals surface area contributed by atoms with Crippen molar-refractivity contribution in [3.05, 3.63) is 69.2 Å². The molecule has 0 saturated carbocycles. The van der Waals surface area contributed by atoms with E-state index in [0.29, 0.717) is 0 Å². The van der Waals surface area contributed by atoms with Gasteiger partial charge in [0.2, 0.25) is 0 Å². The molecule has 1 atom stereocenters. The summed E-state index contributed by atoms with van der Waals surface area (Å²) >= 11 is 6.24. The van der Waals surface area contributed by atoms with E-state index < -0.39 is 0 Å². The lowest BCUT2D eigenvalue weighted by atomic mass is 10.0. The van der Waals surface area contributed by atoms with Crippen LogP contribution < -0.4 is 5.32 Å². The molecule has 0 saturated heterocycles. The first-order valence-corrected chi connectivity index (χ1v) is 7.41. The third-order valence-electron chi connectivity index (χ3n) is 3.92. The second-order valence-corrected chi connectivity index (χ2v) is 5.89. The monoisotopic (exact) mass is 287 g/mol. The molecular weight excluding hydrogens is 266 g/mol. The Labute approximate surface area is 127 Å².